The molecule has 1 atom stereocenters. The SMILES string of the molecule is O=P1(c2ccccc2)c2ccc(N(c3ccccc3)c3ccccc3)cc2-c2oc3ccc(N(c4ccccc4)c4ccccc4)cc3c21.O=S1(=O)c2ccc(N(c3ccccc3)c3ccccc3)cc2-c2oc3ccc(N(c4ccccc4)c4ccccc4)cc3c21.c1ccc(N(c2ccccc2)c2ccc3sc4c5cc(N(c6ccccc6)c6ccccc6)ccc5oc4c3c2)cc1. The van der Waals surface area contributed by atoms with E-state index < -0.39 is 17.0 Å². The van der Waals surface area contributed by atoms with Gasteiger partial charge in [0.25, 0.3) is 0 Å². The second-order valence-corrected chi connectivity index (χ2v) is 38.6. The van der Waals surface area contributed by atoms with Crippen LogP contribution in [-0.2, 0) is 14.4 Å². The summed E-state index contributed by atoms with van der Waals surface area (Å²) < 4.78 is 66.1. The number of hydrogen-bond acceptors (Lipinski definition) is 13. The fourth-order valence-corrected chi connectivity index (χ4v) is 24.8. The smallest absolute Gasteiger partial charge is 0.211 e. The Bertz CT molecular complexity index is 8010. The largest absolute Gasteiger partial charge is 0.455 e. The first-order chi connectivity index (χ1) is 66.6. The van der Waals surface area contributed by atoms with Gasteiger partial charge in [0, 0.05) is 150 Å². The van der Waals surface area contributed by atoms with Crippen LogP contribution < -0.4 is 45.3 Å². The number of hydrogen-bond donors (Lipinski definition) is 0. The second kappa shape index (κ2) is 35.4. The van der Waals surface area contributed by atoms with Gasteiger partial charge in [0.2, 0.25) is 9.84 Å². The molecule has 4 aromatic heterocycles. The summed E-state index contributed by atoms with van der Waals surface area (Å²) in [6.07, 6.45) is 0. The van der Waals surface area contributed by atoms with Crippen LogP contribution >= 0.6 is 18.5 Å². The molecule has 19 aromatic carbocycles. The maximum absolute atomic E-state index is 15.9. The molecule has 0 bridgehead atoms. The topological polar surface area (TPSA) is 110 Å². The van der Waals surface area contributed by atoms with Crippen molar-refractivity contribution in [3.63, 3.8) is 0 Å². The van der Waals surface area contributed by atoms with E-state index in [0.717, 1.165) is 151 Å². The van der Waals surface area contributed by atoms with E-state index in [4.69, 9.17) is 13.3 Å². The van der Waals surface area contributed by atoms with E-state index in [1.165, 1.54) is 9.40 Å². The van der Waals surface area contributed by atoms with Crippen LogP contribution in [0.15, 0.2) is 527 Å². The molecule has 23 aromatic rings. The average Bonchev–Trinajstić information content (AvgIpc) is 1.53. The summed E-state index contributed by atoms with van der Waals surface area (Å²) in [5.74, 6) is 1.05. The normalized spacial score (nSPS) is 13.1. The summed E-state index contributed by atoms with van der Waals surface area (Å²) in [5, 5.41) is 6.03. The first-order valence-electron chi connectivity index (χ1n) is 44.8. The van der Waals surface area contributed by atoms with Crippen molar-refractivity contribution in [3.8, 4) is 22.6 Å². The van der Waals surface area contributed by atoms with Crippen LogP contribution in [0.5, 0.6) is 0 Å². The zero-order valence-corrected chi connectivity index (χ0v) is 75.3. The van der Waals surface area contributed by atoms with Gasteiger partial charge in [-0.25, -0.2) is 8.42 Å². The lowest BCUT2D eigenvalue weighted by molar-refractivity contribution is 0.592. The quantitative estimate of drug-likeness (QED) is 0.0719. The number of para-hydroxylation sites is 12. The minimum Gasteiger partial charge on any atom is -0.455 e. The maximum Gasteiger partial charge on any atom is 0.211 e. The Morgan fingerprint density at radius 1 is 0.230 bits per heavy atom. The lowest BCUT2D eigenvalue weighted by atomic mass is 10.1. The van der Waals surface area contributed by atoms with Crippen LogP contribution in [0.2, 0.25) is 0 Å². The molecule has 0 saturated heterocycles. The van der Waals surface area contributed by atoms with E-state index >= 15 is 4.57 Å². The average molecular weight is 1800 g/mol. The van der Waals surface area contributed by atoms with Crippen molar-refractivity contribution in [2.75, 3.05) is 29.4 Å². The van der Waals surface area contributed by atoms with Crippen LogP contribution in [0.3, 0.4) is 0 Å². The summed E-state index contributed by atoms with van der Waals surface area (Å²) in [5.41, 5.74) is 22.8. The molecular weight excluding hydrogens is 1720 g/mol. The Morgan fingerprint density at radius 2 is 0.496 bits per heavy atom. The van der Waals surface area contributed by atoms with Gasteiger partial charge in [-0.3, -0.25) is 0 Å². The van der Waals surface area contributed by atoms with Gasteiger partial charge in [-0.05, 0) is 255 Å². The Kier molecular flexibility index (Phi) is 21.6. The summed E-state index contributed by atoms with van der Waals surface area (Å²) in [6, 6.07) is 170. The van der Waals surface area contributed by atoms with Gasteiger partial charge in [0.1, 0.15) is 27.4 Å². The highest BCUT2D eigenvalue weighted by Gasteiger charge is 2.46. The van der Waals surface area contributed by atoms with Crippen molar-refractivity contribution in [3.05, 3.63) is 504 Å². The third-order valence-electron chi connectivity index (χ3n) is 24.8. The van der Waals surface area contributed by atoms with Crippen molar-refractivity contribution in [2.45, 2.75) is 9.79 Å². The van der Waals surface area contributed by atoms with Gasteiger partial charge in [-0.15, -0.1) is 11.3 Å². The molecule has 0 spiro atoms. The van der Waals surface area contributed by atoms with E-state index in [2.05, 4.69) is 260 Å². The fourth-order valence-electron chi connectivity index (χ4n) is 18.8. The fraction of sp³-hybridized carbons (Fsp3) is 0. The molecular formula is C120H83N6O6PS2. The molecule has 15 heteroatoms. The second-order valence-electron chi connectivity index (χ2n) is 33.0. The summed E-state index contributed by atoms with van der Waals surface area (Å²) in [6.45, 7) is 0. The Hall–Kier alpha value is -17.0. The monoisotopic (exact) mass is 1800 g/mol. The molecule has 6 heterocycles. The minimum atomic E-state index is -3.82. The zero-order valence-electron chi connectivity index (χ0n) is 72.8. The number of sulfone groups is 1. The number of anilines is 18. The number of benzene rings is 19. The summed E-state index contributed by atoms with van der Waals surface area (Å²) >= 11 is 1.79. The van der Waals surface area contributed by atoms with Gasteiger partial charge in [-0.2, -0.15) is 0 Å². The highest BCUT2D eigenvalue weighted by molar-refractivity contribution is 7.92. The molecule has 135 heavy (non-hydrogen) atoms. The summed E-state index contributed by atoms with van der Waals surface area (Å²) in [4.78, 5) is 13.7. The van der Waals surface area contributed by atoms with Crippen molar-refractivity contribution in [1.82, 2.24) is 0 Å². The number of thiophene rings is 1. The number of rotatable bonds is 19. The molecule has 0 radical (unpaired) electrons. The molecule has 2 aliphatic rings. The van der Waals surface area contributed by atoms with Crippen molar-refractivity contribution < 1.29 is 26.2 Å². The zero-order chi connectivity index (χ0) is 90.3. The number of nitrogens with zero attached hydrogens (tertiary/aromatic N) is 6. The van der Waals surface area contributed by atoms with Gasteiger partial charge in [0.05, 0.1) is 14.9 Å². The lowest BCUT2D eigenvalue weighted by Gasteiger charge is -2.26. The molecule has 1 unspecified atom stereocenters. The van der Waals surface area contributed by atoms with Crippen LogP contribution in [0.1, 0.15) is 0 Å². The van der Waals surface area contributed by atoms with Crippen LogP contribution in [0.4, 0.5) is 102 Å². The standard InChI is InChI=1S/C44H31N2O2P.C38H26N2O3S.C38H26N2OS/c47-49(38-24-14-5-15-25-38)42-29-27-37(46(34-20-10-3-11-21-34)35-22-12-4-13-23-35)31-40(42)43-44(49)39-30-36(26-28-41(39)48-43)45(32-16-6-1-7-17-32)33-18-8-2-9-19-33;41-44(42)36-24-22-32(40(29-17-9-3-10-18-29)30-19-11-4-12-20-30)26-34(36)37-38(44)33-25-31(21-23-35(33)43-37)39(27-13-5-1-6-14-27)28-15-7-2-8-16-28;1-5-13-27(14-6-1)39(28-15-7-2-8-16-28)31-21-23-35-33(25-31)38-37(41-35)34-26-32(22-24-36(34)42-38)40(29-17-9-3-10-18-29)30-19-11-4-12-20-30/h1-31H;1-26H;1-26H. The van der Waals surface area contributed by atoms with Gasteiger partial charge < -0.3 is 47.2 Å². The van der Waals surface area contributed by atoms with Gasteiger partial charge in [-0.1, -0.05) is 249 Å². The van der Waals surface area contributed by atoms with Crippen molar-refractivity contribution in [2.24, 2.45) is 0 Å². The van der Waals surface area contributed by atoms with Gasteiger partial charge in [0.15, 0.2) is 18.5 Å². The molecule has 12 nitrogen and oxygen atoms in total. The van der Waals surface area contributed by atoms with Crippen molar-refractivity contribution >= 4 is 200 Å². The minimum absolute atomic E-state index is 0.216. The van der Waals surface area contributed by atoms with Crippen LogP contribution in [0, 0.1) is 0 Å². The maximum atomic E-state index is 15.9. The molecule has 0 N–H and O–H groups in total. The lowest BCUT2D eigenvalue weighted by Crippen LogP contribution is -2.21. The van der Waals surface area contributed by atoms with E-state index in [-0.39, 0.29) is 9.79 Å². The van der Waals surface area contributed by atoms with E-state index in [9.17, 15) is 8.42 Å². The van der Waals surface area contributed by atoms with E-state index in [1.807, 2.05) is 267 Å². The van der Waals surface area contributed by atoms with E-state index in [1.54, 1.807) is 17.4 Å². The number of furan rings is 3. The highest BCUT2D eigenvalue weighted by atomic mass is 32.2. The molecule has 0 saturated carbocycles. The van der Waals surface area contributed by atoms with Crippen molar-refractivity contribution in [1.29, 1.82) is 0 Å². The predicted molar refractivity (Wildman–Crippen MR) is 559 cm³/mol. The van der Waals surface area contributed by atoms with Crippen LogP contribution in [0.25, 0.3) is 75.9 Å². The van der Waals surface area contributed by atoms with Gasteiger partial charge >= 0.3 is 0 Å². The predicted octanol–water partition coefficient (Wildman–Crippen LogP) is 32.9. The Balaban J connectivity index is 0.000000114. The third-order valence-corrected chi connectivity index (χ3v) is 31.0. The molecule has 0 amide bonds. The molecule has 646 valence electrons. The molecule has 0 fully saturated rings. The van der Waals surface area contributed by atoms with E-state index in [0.29, 0.717) is 33.6 Å². The highest BCUT2D eigenvalue weighted by Crippen LogP contribution is 2.58. The Morgan fingerprint density at radius 3 is 0.852 bits per heavy atom. The molecule has 2 aliphatic heterocycles. The first-order valence-corrected chi connectivity index (χ1v) is 48.8. The summed E-state index contributed by atoms with van der Waals surface area (Å²) in [7, 11) is -7.14. The number of fused-ring (bicyclic) bond motifs is 15. The third kappa shape index (κ3) is 15.2. The molecule has 25 rings (SSSR count). The molecule has 0 aliphatic carbocycles. The Labute approximate surface area is 785 Å². The van der Waals surface area contributed by atoms with Crippen LogP contribution in [-0.4, -0.2) is 8.42 Å². The first kappa shape index (κ1) is 82.4.